The average molecular weight is 326 g/mol. The minimum absolute atomic E-state index is 0.630. The molecule has 0 aromatic heterocycles. The highest BCUT2D eigenvalue weighted by Crippen LogP contribution is 2.35. The molecule has 2 aliphatic heterocycles. The molecule has 0 aromatic rings. The van der Waals surface area contributed by atoms with Crippen molar-refractivity contribution in [1.82, 2.24) is 0 Å². The van der Waals surface area contributed by atoms with Crippen LogP contribution in [-0.2, 0) is 14.2 Å². The van der Waals surface area contributed by atoms with Crippen LogP contribution >= 0.6 is 0 Å². The Labute approximate surface area is 126 Å². The van der Waals surface area contributed by atoms with E-state index in [0.29, 0.717) is 0 Å². The average Bonchev–Trinajstić information content (AvgIpc) is 2.75. The number of ether oxygens (including phenoxy) is 3. The monoisotopic (exact) mass is 326 g/mol. The Hall–Kier alpha value is -0.400. The summed E-state index contributed by atoms with van der Waals surface area (Å²) in [6, 6.07) is 0. The van der Waals surface area contributed by atoms with Crippen LogP contribution in [0, 0.1) is 0 Å². The lowest BCUT2D eigenvalue weighted by molar-refractivity contribution is -0.380. The lowest BCUT2D eigenvalue weighted by Gasteiger charge is -2.42. The van der Waals surface area contributed by atoms with Crippen molar-refractivity contribution in [2.45, 2.75) is 61.7 Å². The minimum atomic E-state index is -2.14. The Bertz CT molecular complexity index is 381. The molecule has 0 bridgehead atoms. The van der Waals surface area contributed by atoms with E-state index in [1.54, 1.807) is 0 Å². The SMILES string of the molecule is CC1OC(OC2(CO)OC(CO)C(O)C2O)C(O)C(O)C1O. The van der Waals surface area contributed by atoms with Crippen LogP contribution in [0.3, 0.4) is 0 Å². The van der Waals surface area contributed by atoms with Gasteiger partial charge in [0, 0.05) is 0 Å². The predicted molar refractivity (Wildman–Crippen MR) is 67.2 cm³/mol. The van der Waals surface area contributed by atoms with Crippen LogP contribution in [0.15, 0.2) is 0 Å². The van der Waals surface area contributed by atoms with E-state index < -0.39 is 68.0 Å². The molecule has 130 valence electrons. The predicted octanol–water partition coefficient (Wildman–Crippen LogP) is -4.37. The van der Waals surface area contributed by atoms with Crippen molar-refractivity contribution >= 4 is 0 Å². The zero-order valence-corrected chi connectivity index (χ0v) is 11.9. The number of hydrogen-bond acceptors (Lipinski definition) is 10. The van der Waals surface area contributed by atoms with E-state index in [4.69, 9.17) is 19.3 Å². The van der Waals surface area contributed by atoms with Crippen molar-refractivity contribution in [3.63, 3.8) is 0 Å². The lowest BCUT2D eigenvalue weighted by Crippen LogP contribution is -2.61. The van der Waals surface area contributed by atoms with Gasteiger partial charge in [-0.3, -0.25) is 0 Å². The fraction of sp³-hybridized carbons (Fsp3) is 1.00. The summed E-state index contributed by atoms with van der Waals surface area (Å²) in [5, 5.41) is 67.5. The molecule has 2 heterocycles. The first kappa shape index (κ1) is 17.9. The molecule has 2 aliphatic rings. The van der Waals surface area contributed by atoms with Gasteiger partial charge in [0.15, 0.2) is 6.29 Å². The van der Waals surface area contributed by atoms with Gasteiger partial charge in [-0.25, -0.2) is 0 Å². The van der Waals surface area contributed by atoms with Crippen LogP contribution in [-0.4, -0.2) is 104 Å². The highest BCUT2D eigenvalue weighted by atomic mass is 16.8. The van der Waals surface area contributed by atoms with Gasteiger partial charge in [-0.15, -0.1) is 0 Å². The Balaban J connectivity index is 2.16. The molecule has 10 heteroatoms. The van der Waals surface area contributed by atoms with Crippen molar-refractivity contribution in [1.29, 1.82) is 0 Å². The molecule has 22 heavy (non-hydrogen) atoms. The quantitative estimate of drug-likeness (QED) is 0.268. The number of rotatable bonds is 4. The first-order valence-corrected chi connectivity index (χ1v) is 6.90. The third kappa shape index (κ3) is 2.87. The Morgan fingerprint density at radius 3 is 2.09 bits per heavy atom. The van der Waals surface area contributed by atoms with E-state index in [2.05, 4.69) is 0 Å². The van der Waals surface area contributed by atoms with E-state index >= 15 is 0 Å². The molecular weight excluding hydrogens is 304 g/mol. The summed E-state index contributed by atoms with van der Waals surface area (Å²) in [4.78, 5) is 0. The summed E-state index contributed by atoms with van der Waals surface area (Å²) in [5.41, 5.74) is 0. The third-order valence-corrected chi connectivity index (χ3v) is 4.03. The maximum Gasteiger partial charge on any atom is 0.224 e. The van der Waals surface area contributed by atoms with Gasteiger partial charge < -0.3 is 50.0 Å². The van der Waals surface area contributed by atoms with Crippen LogP contribution in [0.2, 0.25) is 0 Å². The number of aliphatic hydroxyl groups excluding tert-OH is 7. The maximum absolute atomic E-state index is 9.99. The summed E-state index contributed by atoms with van der Waals surface area (Å²) >= 11 is 0. The van der Waals surface area contributed by atoms with Gasteiger partial charge in [0.05, 0.1) is 12.7 Å². The molecule has 10 nitrogen and oxygen atoms in total. The molecule has 0 radical (unpaired) electrons. The lowest BCUT2D eigenvalue weighted by atomic mass is 9.99. The van der Waals surface area contributed by atoms with Crippen LogP contribution in [0.1, 0.15) is 6.92 Å². The van der Waals surface area contributed by atoms with E-state index in [-0.39, 0.29) is 0 Å². The molecule has 0 aliphatic carbocycles. The highest BCUT2D eigenvalue weighted by molar-refractivity contribution is 4.98. The first-order chi connectivity index (χ1) is 10.3. The van der Waals surface area contributed by atoms with E-state index in [0.717, 1.165) is 0 Å². The molecule has 9 unspecified atom stereocenters. The Morgan fingerprint density at radius 2 is 1.59 bits per heavy atom. The molecular formula is C12H22O10. The van der Waals surface area contributed by atoms with Gasteiger partial charge in [-0.05, 0) is 6.92 Å². The first-order valence-electron chi connectivity index (χ1n) is 6.90. The summed E-state index contributed by atoms with van der Waals surface area (Å²) in [5.74, 6) is -2.14. The van der Waals surface area contributed by atoms with Gasteiger partial charge in [-0.1, -0.05) is 0 Å². The van der Waals surface area contributed by atoms with Gasteiger partial charge in [0.2, 0.25) is 5.79 Å². The molecule has 2 saturated heterocycles. The van der Waals surface area contributed by atoms with Crippen LogP contribution in [0.5, 0.6) is 0 Å². The molecule has 9 atom stereocenters. The van der Waals surface area contributed by atoms with Crippen molar-refractivity contribution in [3.05, 3.63) is 0 Å². The van der Waals surface area contributed by atoms with E-state index in [9.17, 15) is 30.6 Å². The second-order valence-corrected chi connectivity index (χ2v) is 5.54. The smallest absolute Gasteiger partial charge is 0.224 e. The largest absolute Gasteiger partial charge is 0.394 e. The van der Waals surface area contributed by atoms with Crippen molar-refractivity contribution in [2.24, 2.45) is 0 Å². The zero-order valence-electron chi connectivity index (χ0n) is 11.9. The molecule has 0 spiro atoms. The summed E-state index contributed by atoms with van der Waals surface area (Å²) in [6.07, 6.45) is -11.4. The third-order valence-electron chi connectivity index (χ3n) is 4.03. The molecule has 0 saturated carbocycles. The molecule has 2 rings (SSSR count). The normalized spacial score (nSPS) is 52.9. The second-order valence-electron chi connectivity index (χ2n) is 5.54. The molecule has 0 amide bonds. The van der Waals surface area contributed by atoms with Gasteiger partial charge >= 0.3 is 0 Å². The number of aliphatic hydroxyl groups is 7. The standard InChI is InChI=1S/C12H22O10/c1-4-6(15)8(17)9(18)11(20-4)22-12(3-14)10(19)7(16)5(2-13)21-12/h4-11,13-19H,2-3H2,1H3. The Morgan fingerprint density at radius 1 is 0.955 bits per heavy atom. The van der Waals surface area contributed by atoms with Crippen LogP contribution in [0.4, 0.5) is 0 Å². The second kappa shape index (κ2) is 6.61. The van der Waals surface area contributed by atoms with Gasteiger partial charge in [0.25, 0.3) is 0 Å². The zero-order chi connectivity index (χ0) is 16.7. The van der Waals surface area contributed by atoms with Gasteiger partial charge in [0.1, 0.15) is 43.2 Å². The van der Waals surface area contributed by atoms with Crippen molar-refractivity contribution in [2.75, 3.05) is 13.2 Å². The summed E-state index contributed by atoms with van der Waals surface area (Å²) < 4.78 is 15.6. The van der Waals surface area contributed by atoms with Crippen LogP contribution < -0.4 is 0 Å². The van der Waals surface area contributed by atoms with Crippen molar-refractivity contribution in [3.8, 4) is 0 Å². The van der Waals surface area contributed by atoms with Gasteiger partial charge in [-0.2, -0.15) is 0 Å². The molecule has 2 fully saturated rings. The van der Waals surface area contributed by atoms with E-state index in [1.807, 2.05) is 0 Å². The highest BCUT2D eigenvalue weighted by Gasteiger charge is 2.58. The number of hydrogen-bond donors (Lipinski definition) is 7. The fourth-order valence-electron chi connectivity index (χ4n) is 2.58. The molecule has 7 N–H and O–H groups in total. The Kier molecular flexibility index (Phi) is 5.39. The van der Waals surface area contributed by atoms with Crippen molar-refractivity contribution < 1.29 is 50.0 Å². The van der Waals surface area contributed by atoms with Crippen LogP contribution in [0.25, 0.3) is 0 Å². The topological polar surface area (TPSA) is 169 Å². The molecule has 0 aromatic carbocycles. The summed E-state index contributed by atoms with van der Waals surface area (Å²) in [7, 11) is 0. The van der Waals surface area contributed by atoms with E-state index in [1.165, 1.54) is 6.92 Å². The maximum atomic E-state index is 9.99. The minimum Gasteiger partial charge on any atom is -0.394 e. The fourth-order valence-corrected chi connectivity index (χ4v) is 2.58. The summed E-state index contributed by atoms with van der Waals surface area (Å²) in [6.45, 7) is -0.102.